The fourth-order valence-electron chi connectivity index (χ4n) is 2.31. The average Bonchev–Trinajstić information content (AvgIpc) is 2.89. The molecule has 0 amide bonds. The van der Waals surface area contributed by atoms with Crippen molar-refractivity contribution in [2.24, 2.45) is 0 Å². The van der Waals surface area contributed by atoms with Crippen LogP contribution in [0.2, 0.25) is 0 Å². The number of aliphatic carboxylic acids is 1. The molecule has 1 N–H and O–H groups in total. The lowest BCUT2D eigenvalue weighted by Crippen LogP contribution is -2.04. The second-order valence-corrected chi connectivity index (χ2v) is 6.25. The van der Waals surface area contributed by atoms with Crippen LogP contribution >= 0.6 is 11.8 Å². The van der Waals surface area contributed by atoms with Crippen LogP contribution in [0.25, 0.3) is 0 Å². The van der Waals surface area contributed by atoms with Gasteiger partial charge in [-0.25, -0.2) is 0 Å². The maximum absolute atomic E-state index is 10.6. The molecule has 0 saturated heterocycles. The third-order valence-corrected chi connectivity index (χ3v) is 4.63. The molecule has 0 radical (unpaired) electrons. The fourth-order valence-corrected chi connectivity index (χ4v) is 3.49. The highest BCUT2D eigenvalue weighted by Crippen LogP contribution is 2.29. The first-order chi connectivity index (χ1) is 9.24. The number of carbonyl (C=O) groups is 1. The van der Waals surface area contributed by atoms with E-state index in [0.717, 1.165) is 28.9 Å². The molecular weight excluding hydrogens is 260 g/mol. The van der Waals surface area contributed by atoms with Gasteiger partial charge in [-0.2, -0.15) is 11.8 Å². The van der Waals surface area contributed by atoms with Crippen LogP contribution in [0.4, 0.5) is 0 Å². The molecule has 0 atom stereocenters. The van der Waals surface area contributed by atoms with Crippen LogP contribution < -0.4 is 4.74 Å². The van der Waals surface area contributed by atoms with E-state index in [0.29, 0.717) is 0 Å². The van der Waals surface area contributed by atoms with Gasteiger partial charge in [0.1, 0.15) is 5.75 Å². The lowest BCUT2D eigenvalue weighted by molar-refractivity contribution is -0.136. The summed E-state index contributed by atoms with van der Waals surface area (Å²) >= 11 is 2.01. The minimum atomic E-state index is -0.804. The normalized spacial score (nSPS) is 15.6. The summed E-state index contributed by atoms with van der Waals surface area (Å²) < 4.78 is 5.66. The number of ether oxygens (including phenoxy) is 1. The molecule has 0 heterocycles. The summed E-state index contributed by atoms with van der Waals surface area (Å²) in [5, 5.41) is 9.51. The van der Waals surface area contributed by atoms with E-state index in [1.807, 2.05) is 36.0 Å². The van der Waals surface area contributed by atoms with Crippen LogP contribution in [0.15, 0.2) is 24.3 Å². The first-order valence-electron chi connectivity index (χ1n) is 6.79. The molecule has 19 heavy (non-hydrogen) atoms. The third kappa shape index (κ3) is 5.15. The molecule has 0 unspecified atom stereocenters. The van der Waals surface area contributed by atoms with E-state index in [4.69, 9.17) is 9.84 Å². The minimum absolute atomic E-state index is 0.0673. The van der Waals surface area contributed by atoms with E-state index in [1.165, 1.54) is 25.7 Å². The quantitative estimate of drug-likeness (QED) is 0.778. The zero-order valence-corrected chi connectivity index (χ0v) is 11.8. The largest absolute Gasteiger partial charge is 0.493 e. The Morgan fingerprint density at radius 2 is 1.95 bits per heavy atom. The summed E-state index contributed by atoms with van der Waals surface area (Å²) in [4.78, 5) is 10.6. The van der Waals surface area contributed by atoms with Crippen LogP contribution in [0.5, 0.6) is 5.75 Å². The Morgan fingerprint density at radius 3 is 2.58 bits per heavy atom. The molecule has 0 bridgehead atoms. The Kier molecular flexibility index (Phi) is 5.58. The second kappa shape index (κ2) is 7.43. The topological polar surface area (TPSA) is 46.5 Å². The van der Waals surface area contributed by atoms with Crippen molar-refractivity contribution in [1.29, 1.82) is 0 Å². The van der Waals surface area contributed by atoms with Crippen LogP contribution in [-0.4, -0.2) is 28.7 Å². The van der Waals surface area contributed by atoms with Gasteiger partial charge in [-0.15, -0.1) is 0 Å². The van der Waals surface area contributed by atoms with Crippen LogP contribution in [0, 0.1) is 0 Å². The van der Waals surface area contributed by atoms with E-state index in [9.17, 15) is 4.79 Å². The SMILES string of the molecule is O=C(O)Cc1ccc(OCCSC2CCCC2)cc1. The zero-order chi connectivity index (χ0) is 13.5. The summed E-state index contributed by atoms with van der Waals surface area (Å²) in [5.74, 6) is 1.05. The molecule has 1 aliphatic carbocycles. The van der Waals surface area contributed by atoms with Gasteiger partial charge in [0.15, 0.2) is 0 Å². The number of thioether (sulfide) groups is 1. The van der Waals surface area contributed by atoms with E-state index in [2.05, 4.69) is 0 Å². The van der Waals surface area contributed by atoms with E-state index >= 15 is 0 Å². The van der Waals surface area contributed by atoms with Crippen molar-refractivity contribution in [2.75, 3.05) is 12.4 Å². The standard InChI is InChI=1S/C15H20O3S/c16-15(17)11-12-5-7-13(8-6-12)18-9-10-19-14-3-1-2-4-14/h5-8,14H,1-4,9-11H2,(H,16,17). The highest BCUT2D eigenvalue weighted by molar-refractivity contribution is 7.99. The number of rotatable bonds is 7. The van der Waals surface area contributed by atoms with E-state index in [1.54, 1.807) is 0 Å². The molecule has 0 spiro atoms. The number of benzene rings is 1. The van der Waals surface area contributed by atoms with Gasteiger partial charge in [-0.3, -0.25) is 4.79 Å². The smallest absolute Gasteiger partial charge is 0.307 e. The Labute approximate surface area is 118 Å². The van der Waals surface area contributed by atoms with Gasteiger partial charge in [0.25, 0.3) is 0 Å². The maximum atomic E-state index is 10.6. The van der Waals surface area contributed by atoms with Crippen LogP contribution in [-0.2, 0) is 11.2 Å². The Balaban J connectivity index is 1.66. The van der Waals surface area contributed by atoms with Crippen molar-refractivity contribution in [3.8, 4) is 5.75 Å². The monoisotopic (exact) mass is 280 g/mol. The summed E-state index contributed by atoms with van der Waals surface area (Å²) in [7, 11) is 0. The Bertz CT molecular complexity index is 396. The average molecular weight is 280 g/mol. The van der Waals surface area contributed by atoms with Gasteiger partial charge in [0.2, 0.25) is 0 Å². The van der Waals surface area contributed by atoms with Gasteiger partial charge in [0.05, 0.1) is 13.0 Å². The third-order valence-electron chi connectivity index (χ3n) is 3.29. The van der Waals surface area contributed by atoms with Crippen LogP contribution in [0.1, 0.15) is 31.2 Å². The highest BCUT2D eigenvalue weighted by atomic mass is 32.2. The summed E-state index contributed by atoms with van der Waals surface area (Å²) in [6.07, 6.45) is 5.54. The summed E-state index contributed by atoms with van der Waals surface area (Å²) in [6, 6.07) is 7.32. The summed E-state index contributed by atoms with van der Waals surface area (Å²) in [6.45, 7) is 0.722. The van der Waals surface area contributed by atoms with Crippen molar-refractivity contribution in [2.45, 2.75) is 37.4 Å². The highest BCUT2D eigenvalue weighted by Gasteiger charge is 2.14. The molecule has 104 valence electrons. The van der Waals surface area contributed by atoms with Crippen molar-refractivity contribution in [3.63, 3.8) is 0 Å². The van der Waals surface area contributed by atoms with Gasteiger partial charge < -0.3 is 9.84 Å². The van der Waals surface area contributed by atoms with Gasteiger partial charge in [-0.05, 0) is 30.5 Å². The molecule has 0 aliphatic heterocycles. The van der Waals surface area contributed by atoms with E-state index < -0.39 is 5.97 Å². The lowest BCUT2D eigenvalue weighted by Gasteiger charge is -2.10. The van der Waals surface area contributed by atoms with Crippen molar-refractivity contribution in [3.05, 3.63) is 29.8 Å². The predicted octanol–water partition coefficient (Wildman–Crippen LogP) is 3.37. The molecule has 1 aromatic rings. The van der Waals surface area contributed by atoms with E-state index in [-0.39, 0.29) is 6.42 Å². The van der Waals surface area contributed by atoms with Crippen molar-refractivity contribution >= 4 is 17.7 Å². The molecule has 4 heteroatoms. The minimum Gasteiger partial charge on any atom is -0.493 e. The fraction of sp³-hybridized carbons (Fsp3) is 0.533. The van der Waals surface area contributed by atoms with Gasteiger partial charge >= 0.3 is 5.97 Å². The van der Waals surface area contributed by atoms with Crippen molar-refractivity contribution < 1.29 is 14.6 Å². The number of hydrogen-bond donors (Lipinski definition) is 1. The number of hydrogen-bond acceptors (Lipinski definition) is 3. The second-order valence-electron chi connectivity index (χ2n) is 4.84. The molecule has 2 rings (SSSR count). The number of carboxylic acids is 1. The first-order valence-corrected chi connectivity index (χ1v) is 7.84. The Hall–Kier alpha value is -1.16. The van der Waals surface area contributed by atoms with Crippen molar-refractivity contribution in [1.82, 2.24) is 0 Å². The van der Waals surface area contributed by atoms with Crippen LogP contribution in [0.3, 0.4) is 0 Å². The van der Waals surface area contributed by atoms with Gasteiger partial charge in [0, 0.05) is 11.0 Å². The molecule has 1 aliphatic rings. The first kappa shape index (κ1) is 14.3. The zero-order valence-electron chi connectivity index (χ0n) is 11.0. The lowest BCUT2D eigenvalue weighted by atomic mass is 10.1. The molecule has 1 saturated carbocycles. The number of carboxylic acid groups (broad SMARTS) is 1. The molecule has 3 nitrogen and oxygen atoms in total. The molecule has 1 aromatic carbocycles. The Morgan fingerprint density at radius 1 is 1.26 bits per heavy atom. The molecule has 1 fully saturated rings. The predicted molar refractivity (Wildman–Crippen MR) is 78.0 cm³/mol. The van der Waals surface area contributed by atoms with Gasteiger partial charge in [-0.1, -0.05) is 25.0 Å². The summed E-state index contributed by atoms with van der Waals surface area (Å²) in [5.41, 5.74) is 0.806. The maximum Gasteiger partial charge on any atom is 0.307 e. The molecule has 0 aromatic heterocycles. The molecular formula is C15H20O3S.